The van der Waals surface area contributed by atoms with E-state index in [2.05, 4.69) is 10.4 Å². The van der Waals surface area contributed by atoms with E-state index in [1.165, 1.54) is 24.3 Å². The standard InChI is InChI=1S/C24H31FN4O3/c1-28-16-21(24(31)26-19-7-5-18(25)6-8-19)22(27-28)14-17-9-11-29(12-10-17)23(30)15-20-4-2-3-13-32-20/h5-8,16-17,20H,2-4,9-15H2,1H3,(H,26,31). The van der Waals surface area contributed by atoms with Gasteiger partial charge < -0.3 is 15.0 Å². The fraction of sp³-hybridized carbons (Fsp3) is 0.542. The SMILES string of the molecule is Cn1cc(C(=O)Nc2ccc(F)cc2)c(CC2CCN(C(=O)CC3CCCCO3)CC2)n1. The lowest BCUT2D eigenvalue weighted by molar-refractivity contribution is -0.136. The van der Waals surface area contributed by atoms with Gasteiger partial charge in [0.2, 0.25) is 5.91 Å². The number of benzene rings is 1. The van der Waals surface area contributed by atoms with Crippen LogP contribution < -0.4 is 5.32 Å². The molecule has 8 heteroatoms. The van der Waals surface area contributed by atoms with Gasteiger partial charge >= 0.3 is 0 Å². The van der Waals surface area contributed by atoms with Crippen molar-refractivity contribution in [3.63, 3.8) is 0 Å². The molecule has 0 radical (unpaired) electrons. The molecule has 2 aliphatic heterocycles. The first-order chi connectivity index (χ1) is 15.5. The summed E-state index contributed by atoms with van der Waals surface area (Å²) in [6, 6.07) is 5.70. The predicted molar refractivity (Wildman–Crippen MR) is 119 cm³/mol. The monoisotopic (exact) mass is 442 g/mol. The number of amides is 2. The zero-order valence-corrected chi connectivity index (χ0v) is 18.6. The molecule has 2 amide bonds. The van der Waals surface area contributed by atoms with Crippen molar-refractivity contribution in [3.8, 4) is 0 Å². The number of likely N-dealkylation sites (tertiary alicyclic amines) is 1. The molecule has 1 N–H and O–H groups in total. The summed E-state index contributed by atoms with van der Waals surface area (Å²) in [6.45, 7) is 2.24. The molecule has 0 saturated carbocycles. The van der Waals surface area contributed by atoms with Crippen molar-refractivity contribution < 1.29 is 18.7 Å². The number of piperidine rings is 1. The van der Waals surface area contributed by atoms with Crippen LogP contribution in [0.4, 0.5) is 10.1 Å². The molecule has 1 aromatic carbocycles. The van der Waals surface area contributed by atoms with E-state index in [-0.39, 0.29) is 23.7 Å². The van der Waals surface area contributed by atoms with Crippen LogP contribution in [0.15, 0.2) is 30.5 Å². The summed E-state index contributed by atoms with van der Waals surface area (Å²) in [5, 5.41) is 7.33. The minimum Gasteiger partial charge on any atom is -0.378 e. The lowest BCUT2D eigenvalue weighted by Gasteiger charge is -2.33. The maximum absolute atomic E-state index is 13.1. The van der Waals surface area contributed by atoms with Crippen LogP contribution in [0.3, 0.4) is 0 Å². The third kappa shape index (κ3) is 5.73. The molecular weight excluding hydrogens is 411 g/mol. The van der Waals surface area contributed by atoms with Crippen LogP contribution in [-0.4, -0.2) is 52.3 Å². The van der Waals surface area contributed by atoms with E-state index in [0.29, 0.717) is 30.0 Å². The molecule has 7 nitrogen and oxygen atoms in total. The minimum absolute atomic E-state index is 0.0738. The molecule has 0 bridgehead atoms. The molecular formula is C24H31FN4O3. The second-order valence-electron chi connectivity index (χ2n) is 8.85. The summed E-state index contributed by atoms with van der Waals surface area (Å²) >= 11 is 0. The number of carbonyl (C=O) groups is 2. The summed E-state index contributed by atoms with van der Waals surface area (Å²) < 4.78 is 20.5. The smallest absolute Gasteiger partial charge is 0.259 e. The molecule has 0 spiro atoms. The Balaban J connectivity index is 1.30. The first-order valence-electron chi connectivity index (χ1n) is 11.5. The van der Waals surface area contributed by atoms with Gasteiger partial charge in [0.05, 0.1) is 23.8 Å². The molecule has 2 fully saturated rings. The second kappa shape index (κ2) is 10.3. The largest absolute Gasteiger partial charge is 0.378 e. The Labute approximate surface area is 187 Å². The van der Waals surface area contributed by atoms with Gasteiger partial charge in [-0.05, 0) is 68.7 Å². The Kier molecular flexibility index (Phi) is 7.19. The van der Waals surface area contributed by atoms with Crippen molar-refractivity contribution in [3.05, 3.63) is 47.5 Å². The molecule has 1 aromatic heterocycles. The number of aryl methyl sites for hydroxylation is 1. The molecule has 3 heterocycles. The zero-order chi connectivity index (χ0) is 22.5. The van der Waals surface area contributed by atoms with E-state index in [9.17, 15) is 14.0 Å². The molecule has 2 aliphatic rings. The average molecular weight is 443 g/mol. The number of carbonyl (C=O) groups excluding carboxylic acids is 2. The number of aromatic nitrogens is 2. The first kappa shape index (κ1) is 22.5. The Hall–Kier alpha value is -2.74. The summed E-state index contributed by atoms with van der Waals surface area (Å²) in [4.78, 5) is 27.4. The number of nitrogens with one attached hydrogen (secondary N) is 1. The van der Waals surface area contributed by atoms with Crippen LogP contribution in [0, 0.1) is 11.7 Å². The van der Waals surface area contributed by atoms with E-state index in [4.69, 9.17) is 4.74 Å². The van der Waals surface area contributed by atoms with E-state index < -0.39 is 0 Å². The van der Waals surface area contributed by atoms with Gasteiger partial charge in [-0.15, -0.1) is 0 Å². The van der Waals surface area contributed by atoms with E-state index in [0.717, 1.165) is 57.5 Å². The Morgan fingerprint density at radius 1 is 1.16 bits per heavy atom. The Morgan fingerprint density at radius 3 is 2.59 bits per heavy atom. The maximum Gasteiger partial charge on any atom is 0.259 e. The molecule has 4 rings (SSSR count). The van der Waals surface area contributed by atoms with Crippen LogP contribution >= 0.6 is 0 Å². The van der Waals surface area contributed by atoms with Crippen LogP contribution in [0.5, 0.6) is 0 Å². The molecule has 0 aliphatic carbocycles. The van der Waals surface area contributed by atoms with Gasteiger partial charge in [-0.3, -0.25) is 14.3 Å². The first-order valence-corrected chi connectivity index (χ1v) is 11.5. The van der Waals surface area contributed by atoms with E-state index >= 15 is 0 Å². The molecule has 2 aromatic rings. The second-order valence-corrected chi connectivity index (χ2v) is 8.85. The lowest BCUT2D eigenvalue weighted by atomic mass is 9.90. The van der Waals surface area contributed by atoms with Gasteiger partial charge in [0.25, 0.3) is 5.91 Å². The van der Waals surface area contributed by atoms with Gasteiger partial charge in [0.15, 0.2) is 0 Å². The molecule has 1 atom stereocenters. The van der Waals surface area contributed by atoms with Crippen LogP contribution in [0.2, 0.25) is 0 Å². The average Bonchev–Trinajstić information content (AvgIpc) is 3.16. The van der Waals surface area contributed by atoms with Gasteiger partial charge in [-0.25, -0.2) is 4.39 Å². The highest BCUT2D eigenvalue weighted by atomic mass is 19.1. The van der Waals surface area contributed by atoms with Crippen LogP contribution in [0.25, 0.3) is 0 Å². The fourth-order valence-electron chi connectivity index (χ4n) is 4.56. The predicted octanol–water partition coefficient (Wildman–Crippen LogP) is 3.55. The number of anilines is 1. The molecule has 32 heavy (non-hydrogen) atoms. The number of nitrogens with zero attached hydrogens (tertiary/aromatic N) is 3. The highest BCUT2D eigenvalue weighted by molar-refractivity contribution is 6.04. The summed E-state index contributed by atoms with van der Waals surface area (Å²) in [5.41, 5.74) is 1.83. The van der Waals surface area contributed by atoms with E-state index in [1.807, 2.05) is 4.90 Å². The number of ether oxygens (including phenoxy) is 1. The van der Waals surface area contributed by atoms with Crippen molar-refractivity contribution in [2.45, 2.75) is 51.0 Å². The van der Waals surface area contributed by atoms with Crippen molar-refractivity contribution in [1.82, 2.24) is 14.7 Å². The summed E-state index contributed by atoms with van der Waals surface area (Å²) in [5.74, 6) is -0.0363. The van der Waals surface area contributed by atoms with Crippen molar-refractivity contribution >= 4 is 17.5 Å². The quantitative estimate of drug-likeness (QED) is 0.742. The number of halogens is 1. The fourth-order valence-corrected chi connectivity index (χ4v) is 4.56. The van der Waals surface area contributed by atoms with Gasteiger partial charge in [0, 0.05) is 38.6 Å². The topological polar surface area (TPSA) is 76.5 Å². The van der Waals surface area contributed by atoms with Gasteiger partial charge in [-0.2, -0.15) is 5.10 Å². The van der Waals surface area contributed by atoms with Crippen molar-refractivity contribution in [2.24, 2.45) is 13.0 Å². The van der Waals surface area contributed by atoms with Gasteiger partial charge in [-0.1, -0.05) is 0 Å². The number of rotatable bonds is 6. The highest BCUT2D eigenvalue weighted by Gasteiger charge is 2.27. The third-order valence-corrected chi connectivity index (χ3v) is 6.38. The van der Waals surface area contributed by atoms with Crippen molar-refractivity contribution in [1.29, 1.82) is 0 Å². The summed E-state index contributed by atoms with van der Waals surface area (Å²) in [6.07, 6.45) is 7.97. The minimum atomic E-state index is -0.346. The maximum atomic E-state index is 13.1. The molecule has 2 saturated heterocycles. The van der Waals surface area contributed by atoms with E-state index in [1.54, 1.807) is 17.9 Å². The lowest BCUT2D eigenvalue weighted by Crippen LogP contribution is -2.41. The number of hydrogen-bond donors (Lipinski definition) is 1. The Morgan fingerprint density at radius 2 is 1.91 bits per heavy atom. The van der Waals surface area contributed by atoms with Crippen LogP contribution in [0.1, 0.15) is 54.6 Å². The zero-order valence-electron chi connectivity index (χ0n) is 18.6. The number of hydrogen-bond acceptors (Lipinski definition) is 4. The molecule has 172 valence electrons. The van der Waals surface area contributed by atoms with Crippen molar-refractivity contribution in [2.75, 3.05) is 25.0 Å². The summed E-state index contributed by atoms with van der Waals surface area (Å²) in [7, 11) is 1.80. The Bertz CT molecular complexity index is 929. The third-order valence-electron chi connectivity index (χ3n) is 6.38. The normalized spacial score (nSPS) is 19.7. The van der Waals surface area contributed by atoms with Crippen LogP contribution in [-0.2, 0) is 23.0 Å². The van der Waals surface area contributed by atoms with Gasteiger partial charge in [0.1, 0.15) is 5.82 Å². The highest BCUT2D eigenvalue weighted by Crippen LogP contribution is 2.25. The molecule has 1 unspecified atom stereocenters.